The Morgan fingerprint density at radius 3 is 2.79 bits per heavy atom. The van der Waals surface area contributed by atoms with Crippen molar-refractivity contribution < 1.29 is 14.4 Å². The first kappa shape index (κ1) is 13.8. The molecule has 0 aliphatic carbocycles. The van der Waals surface area contributed by atoms with Crippen LogP contribution in [0.15, 0.2) is 22.7 Å². The first-order chi connectivity index (χ1) is 8.94. The van der Waals surface area contributed by atoms with E-state index in [0.717, 1.165) is 0 Å². The maximum Gasteiger partial charge on any atom is 0.261 e. The number of hydrogen-bond donors (Lipinski definition) is 1. The molecular formula is C13H15ClN2O3. The molecule has 6 heteroatoms. The van der Waals surface area contributed by atoms with Crippen molar-refractivity contribution in [2.45, 2.75) is 26.4 Å². The number of phenolic OH excluding ortho intramolecular Hbond substituents is 1. The molecule has 0 fully saturated rings. The first-order valence-corrected chi connectivity index (χ1v) is 6.29. The van der Waals surface area contributed by atoms with Gasteiger partial charge in [0.05, 0.1) is 5.56 Å². The zero-order valence-electron chi connectivity index (χ0n) is 11.0. The summed E-state index contributed by atoms with van der Waals surface area (Å²) in [4.78, 5) is 4.26. The lowest BCUT2D eigenvalue weighted by Crippen LogP contribution is -2.23. The van der Waals surface area contributed by atoms with E-state index in [1.54, 1.807) is 12.1 Å². The summed E-state index contributed by atoms with van der Waals surface area (Å²) in [6, 6.07) is 4.70. The standard InChI is InChI=1S/C13H15ClN2O3/c1-4-18-13(2,3)12-15-11(19-16-12)9-6-5-8(14)7-10(9)17/h5-7,17H,4H2,1-3H3. The highest BCUT2D eigenvalue weighted by atomic mass is 35.5. The summed E-state index contributed by atoms with van der Waals surface area (Å²) in [6.45, 7) is 6.15. The zero-order valence-corrected chi connectivity index (χ0v) is 11.7. The van der Waals surface area contributed by atoms with Gasteiger partial charge in [-0.05, 0) is 39.0 Å². The van der Waals surface area contributed by atoms with Crippen molar-refractivity contribution in [3.05, 3.63) is 29.0 Å². The largest absolute Gasteiger partial charge is 0.507 e. The van der Waals surface area contributed by atoms with Gasteiger partial charge in [0.15, 0.2) is 0 Å². The Kier molecular flexibility index (Phi) is 3.78. The molecule has 1 aromatic carbocycles. The summed E-state index contributed by atoms with van der Waals surface area (Å²) in [5.41, 5.74) is -0.200. The SMILES string of the molecule is CCOC(C)(C)c1noc(-c2ccc(Cl)cc2O)n1. The Balaban J connectivity index is 2.35. The second-order valence-corrected chi connectivity index (χ2v) is 4.96. The van der Waals surface area contributed by atoms with Crippen molar-refractivity contribution in [1.82, 2.24) is 10.1 Å². The molecule has 1 aromatic heterocycles. The van der Waals surface area contributed by atoms with Gasteiger partial charge in [-0.3, -0.25) is 0 Å². The van der Waals surface area contributed by atoms with Crippen molar-refractivity contribution in [3.63, 3.8) is 0 Å². The van der Waals surface area contributed by atoms with Crippen molar-refractivity contribution >= 4 is 11.6 Å². The van der Waals surface area contributed by atoms with E-state index < -0.39 is 5.60 Å². The number of ether oxygens (including phenoxy) is 1. The van der Waals surface area contributed by atoms with E-state index in [1.165, 1.54) is 6.07 Å². The zero-order chi connectivity index (χ0) is 14.0. The van der Waals surface area contributed by atoms with E-state index >= 15 is 0 Å². The summed E-state index contributed by atoms with van der Waals surface area (Å²) in [6.07, 6.45) is 0. The second kappa shape index (κ2) is 5.19. The lowest BCUT2D eigenvalue weighted by molar-refractivity contribution is -0.0221. The fourth-order valence-corrected chi connectivity index (χ4v) is 1.85. The number of benzene rings is 1. The van der Waals surface area contributed by atoms with E-state index in [9.17, 15) is 5.11 Å². The number of halogens is 1. The summed E-state index contributed by atoms with van der Waals surface area (Å²) in [5.74, 6) is 0.660. The number of aromatic hydroxyl groups is 1. The third-order valence-corrected chi connectivity index (χ3v) is 2.89. The van der Waals surface area contributed by atoms with Gasteiger partial charge in [-0.25, -0.2) is 0 Å². The number of aromatic nitrogens is 2. The molecule has 0 radical (unpaired) electrons. The van der Waals surface area contributed by atoms with Crippen LogP contribution in [0.1, 0.15) is 26.6 Å². The third kappa shape index (κ3) is 2.88. The summed E-state index contributed by atoms with van der Waals surface area (Å²) >= 11 is 5.78. The second-order valence-electron chi connectivity index (χ2n) is 4.53. The van der Waals surface area contributed by atoms with Crippen LogP contribution < -0.4 is 0 Å². The quantitative estimate of drug-likeness (QED) is 0.931. The molecule has 0 saturated carbocycles. The Morgan fingerprint density at radius 1 is 1.42 bits per heavy atom. The fourth-order valence-electron chi connectivity index (χ4n) is 1.69. The van der Waals surface area contributed by atoms with Crippen LogP contribution >= 0.6 is 11.6 Å². The van der Waals surface area contributed by atoms with Gasteiger partial charge in [0, 0.05) is 11.6 Å². The third-order valence-electron chi connectivity index (χ3n) is 2.66. The van der Waals surface area contributed by atoms with Gasteiger partial charge in [-0.1, -0.05) is 16.8 Å². The lowest BCUT2D eigenvalue weighted by Gasteiger charge is -2.19. The number of rotatable bonds is 4. The Hall–Kier alpha value is -1.59. The van der Waals surface area contributed by atoms with Crippen LogP contribution in [-0.2, 0) is 10.3 Å². The van der Waals surface area contributed by atoms with E-state index in [1.807, 2.05) is 20.8 Å². The van der Waals surface area contributed by atoms with Crippen LogP contribution in [0.2, 0.25) is 5.02 Å². The predicted octanol–water partition coefficient (Wildman–Crippen LogP) is 3.37. The normalized spacial score (nSPS) is 11.8. The number of phenols is 1. The number of nitrogens with zero attached hydrogens (tertiary/aromatic N) is 2. The van der Waals surface area contributed by atoms with Crippen molar-refractivity contribution in [2.24, 2.45) is 0 Å². The minimum atomic E-state index is -0.640. The molecule has 5 nitrogen and oxygen atoms in total. The van der Waals surface area contributed by atoms with Crippen molar-refractivity contribution in [2.75, 3.05) is 6.61 Å². The monoisotopic (exact) mass is 282 g/mol. The smallest absolute Gasteiger partial charge is 0.261 e. The summed E-state index contributed by atoms with van der Waals surface area (Å²) in [5, 5.41) is 14.1. The fraction of sp³-hybridized carbons (Fsp3) is 0.385. The molecule has 19 heavy (non-hydrogen) atoms. The molecule has 0 saturated heterocycles. The molecule has 102 valence electrons. The molecule has 0 unspecified atom stereocenters. The molecule has 0 bridgehead atoms. The highest BCUT2D eigenvalue weighted by molar-refractivity contribution is 6.30. The molecule has 0 aliphatic rings. The van der Waals surface area contributed by atoms with Crippen LogP contribution in [0, 0.1) is 0 Å². The van der Waals surface area contributed by atoms with E-state index in [2.05, 4.69) is 10.1 Å². The molecular weight excluding hydrogens is 268 g/mol. The maximum absolute atomic E-state index is 9.82. The molecule has 0 amide bonds. The van der Waals surface area contributed by atoms with Gasteiger partial charge < -0.3 is 14.4 Å². The summed E-state index contributed by atoms with van der Waals surface area (Å²) in [7, 11) is 0. The molecule has 1 heterocycles. The van der Waals surface area contributed by atoms with Crippen LogP contribution in [0.5, 0.6) is 5.75 Å². The first-order valence-electron chi connectivity index (χ1n) is 5.91. The topological polar surface area (TPSA) is 68.4 Å². The number of hydrogen-bond acceptors (Lipinski definition) is 5. The van der Waals surface area contributed by atoms with Crippen LogP contribution in [0.25, 0.3) is 11.5 Å². The average Bonchev–Trinajstić information content (AvgIpc) is 2.78. The molecule has 2 aromatic rings. The minimum absolute atomic E-state index is 0.00286. The lowest BCUT2D eigenvalue weighted by atomic mass is 10.1. The highest BCUT2D eigenvalue weighted by Gasteiger charge is 2.27. The van der Waals surface area contributed by atoms with Gasteiger partial charge >= 0.3 is 0 Å². The van der Waals surface area contributed by atoms with Gasteiger partial charge in [0.25, 0.3) is 5.89 Å². The Labute approximate surface area is 116 Å². The molecule has 1 N–H and O–H groups in total. The molecule has 0 spiro atoms. The van der Waals surface area contributed by atoms with Crippen LogP contribution in [0.3, 0.4) is 0 Å². The van der Waals surface area contributed by atoms with Gasteiger partial charge in [0.1, 0.15) is 11.4 Å². The van der Waals surface area contributed by atoms with E-state index in [0.29, 0.717) is 23.0 Å². The van der Waals surface area contributed by atoms with Crippen molar-refractivity contribution in [3.8, 4) is 17.2 Å². The van der Waals surface area contributed by atoms with Crippen LogP contribution in [-0.4, -0.2) is 21.9 Å². The van der Waals surface area contributed by atoms with Gasteiger partial charge in [-0.2, -0.15) is 4.98 Å². The van der Waals surface area contributed by atoms with Gasteiger partial charge in [-0.15, -0.1) is 0 Å². The van der Waals surface area contributed by atoms with Crippen LogP contribution in [0.4, 0.5) is 0 Å². The highest BCUT2D eigenvalue weighted by Crippen LogP contribution is 2.32. The van der Waals surface area contributed by atoms with Crippen molar-refractivity contribution in [1.29, 1.82) is 0 Å². The maximum atomic E-state index is 9.82. The summed E-state index contributed by atoms with van der Waals surface area (Å²) < 4.78 is 10.7. The van der Waals surface area contributed by atoms with E-state index in [4.69, 9.17) is 20.9 Å². The van der Waals surface area contributed by atoms with E-state index in [-0.39, 0.29) is 11.6 Å². The molecule has 2 rings (SSSR count). The van der Waals surface area contributed by atoms with Gasteiger partial charge in [0.2, 0.25) is 5.82 Å². The Bertz CT molecular complexity index is 581. The average molecular weight is 283 g/mol. The molecule has 0 aliphatic heterocycles. The Morgan fingerprint density at radius 2 is 2.16 bits per heavy atom. The predicted molar refractivity (Wildman–Crippen MR) is 71.1 cm³/mol. The minimum Gasteiger partial charge on any atom is -0.507 e. The molecule has 0 atom stereocenters.